The second-order valence-electron chi connectivity index (χ2n) is 6.67. The molecule has 3 aliphatic rings. The monoisotopic (exact) mass is 354 g/mol. The molecule has 130 valence electrons. The summed E-state index contributed by atoms with van der Waals surface area (Å²) in [7, 11) is 1.66. The topological polar surface area (TPSA) is 50.7 Å². The van der Waals surface area contributed by atoms with Gasteiger partial charge in [-0.25, -0.2) is 0 Å². The van der Waals surface area contributed by atoms with Crippen molar-refractivity contribution in [3.8, 4) is 5.75 Å². The highest BCUT2D eigenvalue weighted by molar-refractivity contribution is 8.01. The Hall–Kier alpha value is -2.01. The molecular formula is C20H22N2O2S. The van der Waals surface area contributed by atoms with E-state index in [9.17, 15) is 4.79 Å². The van der Waals surface area contributed by atoms with Crippen molar-refractivity contribution in [2.75, 3.05) is 12.9 Å². The number of ether oxygens (including phenoxy) is 1. The van der Waals surface area contributed by atoms with Gasteiger partial charge < -0.3 is 10.1 Å². The normalized spacial score (nSPS) is 29.6. The number of carbonyl (C=O) groups is 1. The molecule has 0 aromatic heterocycles. The van der Waals surface area contributed by atoms with Gasteiger partial charge in [-0.2, -0.15) is 0 Å². The number of nitrogens with zero attached hydrogens (tertiary/aromatic N) is 1. The van der Waals surface area contributed by atoms with Crippen LogP contribution in [0.2, 0.25) is 0 Å². The van der Waals surface area contributed by atoms with E-state index in [1.165, 1.54) is 0 Å². The van der Waals surface area contributed by atoms with Gasteiger partial charge in [0.15, 0.2) is 0 Å². The number of carbonyl (C=O) groups excluding carboxylic acids is 1. The summed E-state index contributed by atoms with van der Waals surface area (Å²) in [6.45, 7) is 0.500. The van der Waals surface area contributed by atoms with Gasteiger partial charge in [-0.3, -0.25) is 9.79 Å². The van der Waals surface area contributed by atoms with E-state index in [0.717, 1.165) is 35.6 Å². The fourth-order valence-corrected chi connectivity index (χ4v) is 5.92. The molecule has 25 heavy (non-hydrogen) atoms. The Morgan fingerprint density at radius 1 is 1.44 bits per heavy atom. The molecule has 1 saturated heterocycles. The van der Waals surface area contributed by atoms with E-state index in [4.69, 9.17) is 4.74 Å². The molecular weight excluding hydrogens is 332 g/mol. The van der Waals surface area contributed by atoms with Gasteiger partial charge in [-0.15, -0.1) is 11.8 Å². The van der Waals surface area contributed by atoms with E-state index in [-0.39, 0.29) is 16.6 Å². The quantitative estimate of drug-likeness (QED) is 0.902. The molecule has 1 aliphatic carbocycles. The molecule has 3 atom stereocenters. The molecule has 2 heterocycles. The van der Waals surface area contributed by atoms with Gasteiger partial charge in [0.1, 0.15) is 5.75 Å². The van der Waals surface area contributed by atoms with Crippen molar-refractivity contribution in [1.29, 1.82) is 0 Å². The molecule has 5 heteroatoms. The first-order chi connectivity index (χ1) is 12.2. The van der Waals surface area contributed by atoms with Gasteiger partial charge in [-0.05, 0) is 30.9 Å². The van der Waals surface area contributed by atoms with Crippen molar-refractivity contribution in [1.82, 2.24) is 5.32 Å². The van der Waals surface area contributed by atoms with E-state index in [0.29, 0.717) is 12.5 Å². The van der Waals surface area contributed by atoms with Crippen molar-refractivity contribution in [3.63, 3.8) is 0 Å². The van der Waals surface area contributed by atoms with Gasteiger partial charge in [0.05, 0.1) is 23.5 Å². The molecule has 3 unspecified atom stereocenters. The number of hydrogen-bond donors (Lipinski definition) is 1. The summed E-state index contributed by atoms with van der Waals surface area (Å²) in [4.78, 5) is 17.5. The van der Waals surface area contributed by atoms with E-state index >= 15 is 0 Å². The Morgan fingerprint density at radius 3 is 3.20 bits per heavy atom. The maximum absolute atomic E-state index is 12.9. The van der Waals surface area contributed by atoms with E-state index in [2.05, 4.69) is 28.5 Å². The summed E-state index contributed by atoms with van der Waals surface area (Å²) in [5, 5.41) is 3.13. The second kappa shape index (κ2) is 6.71. The van der Waals surface area contributed by atoms with E-state index in [1.54, 1.807) is 7.11 Å². The van der Waals surface area contributed by atoms with Crippen molar-refractivity contribution in [2.45, 2.75) is 24.1 Å². The maximum atomic E-state index is 12.9. The fourth-order valence-electron chi connectivity index (χ4n) is 4.10. The van der Waals surface area contributed by atoms with Crippen LogP contribution >= 0.6 is 11.8 Å². The molecule has 1 aromatic rings. The second-order valence-corrected chi connectivity index (χ2v) is 8.03. The number of allylic oxidation sites excluding steroid dienone is 3. The predicted molar refractivity (Wildman–Crippen MR) is 102 cm³/mol. The molecule has 1 aromatic carbocycles. The van der Waals surface area contributed by atoms with Crippen molar-refractivity contribution >= 4 is 23.9 Å². The number of aliphatic imine (C=N–C) groups is 1. The average Bonchev–Trinajstić information content (AvgIpc) is 3.04. The number of nitrogens with one attached hydrogen (secondary N) is 1. The lowest BCUT2D eigenvalue weighted by molar-refractivity contribution is -0.126. The van der Waals surface area contributed by atoms with E-state index in [1.807, 2.05) is 42.2 Å². The number of amides is 1. The maximum Gasteiger partial charge on any atom is 0.224 e. The minimum Gasteiger partial charge on any atom is -0.496 e. The standard InChI is InChI=1S/C20H22N2O2S/c1-24-17-7-3-2-6-14(17)12-22-19(23)15-13-25-20-10-5-4-8-18(20)21-11-9-16(15)20/h2-8,11,15-16H,9-10,12-13H2,1H3,(H,22,23). The Kier molecular flexibility index (Phi) is 4.42. The molecule has 1 fully saturated rings. The SMILES string of the molecule is COc1ccccc1CNC(=O)C1CSC23CC=CC=C2N=CCC13. The van der Waals surface area contributed by atoms with Crippen LogP contribution in [0.3, 0.4) is 0 Å². The summed E-state index contributed by atoms with van der Waals surface area (Å²) < 4.78 is 5.37. The fraction of sp³-hybridized carbons (Fsp3) is 0.400. The third-order valence-electron chi connectivity index (χ3n) is 5.42. The van der Waals surface area contributed by atoms with Gasteiger partial charge in [0.2, 0.25) is 5.91 Å². The molecule has 1 N–H and O–H groups in total. The first-order valence-electron chi connectivity index (χ1n) is 8.68. The molecule has 4 nitrogen and oxygen atoms in total. The largest absolute Gasteiger partial charge is 0.496 e. The predicted octanol–water partition coefficient (Wildman–Crippen LogP) is 3.35. The van der Waals surface area contributed by atoms with E-state index < -0.39 is 0 Å². The van der Waals surface area contributed by atoms with Crippen LogP contribution in [0, 0.1) is 11.8 Å². The highest BCUT2D eigenvalue weighted by atomic mass is 32.2. The van der Waals surface area contributed by atoms with Gasteiger partial charge >= 0.3 is 0 Å². The number of hydrogen-bond acceptors (Lipinski definition) is 4. The lowest BCUT2D eigenvalue weighted by atomic mass is 9.73. The van der Waals surface area contributed by atoms with Crippen LogP contribution in [0.4, 0.5) is 0 Å². The summed E-state index contributed by atoms with van der Waals surface area (Å²) in [6, 6.07) is 7.82. The van der Waals surface area contributed by atoms with Crippen LogP contribution in [0.1, 0.15) is 18.4 Å². The number of thioether (sulfide) groups is 1. The van der Waals surface area contributed by atoms with Gasteiger partial charge in [0.25, 0.3) is 0 Å². The third-order valence-corrected chi connectivity index (χ3v) is 7.14. The van der Waals surface area contributed by atoms with Crippen molar-refractivity contribution in [2.24, 2.45) is 16.8 Å². The first kappa shape index (κ1) is 16.5. The van der Waals surface area contributed by atoms with Gasteiger partial charge in [0, 0.05) is 24.1 Å². The highest BCUT2D eigenvalue weighted by Crippen LogP contribution is 2.57. The number of methoxy groups -OCH3 is 1. The average molecular weight is 354 g/mol. The van der Waals surface area contributed by atoms with Crippen LogP contribution in [0.5, 0.6) is 5.75 Å². The Labute approximate surface area is 152 Å². The Morgan fingerprint density at radius 2 is 2.32 bits per heavy atom. The van der Waals surface area contributed by atoms with Crippen LogP contribution in [-0.4, -0.2) is 29.7 Å². The highest BCUT2D eigenvalue weighted by Gasteiger charge is 2.54. The molecule has 1 amide bonds. The lowest BCUT2D eigenvalue weighted by Crippen LogP contribution is -2.43. The third kappa shape index (κ3) is 2.80. The molecule has 1 spiro atoms. The van der Waals surface area contributed by atoms with Crippen molar-refractivity contribution in [3.05, 3.63) is 53.8 Å². The van der Waals surface area contributed by atoms with Crippen LogP contribution < -0.4 is 10.1 Å². The van der Waals surface area contributed by atoms with Crippen LogP contribution in [0.15, 0.2) is 53.2 Å². The Balaban J connectivity index is 1.48. The van der Waals surface area contributed by atoms with Crippen LogP contribution in [0.25, 0.3) is 0 Å². The number of benzene rings is 1. The van der Waals surface area contributed by atoms with Gasteiger partial charge in [-0.1, -0.05) is 30.4 Å². The zero-order valence-corrected chi connectivity index (χ0v) is 15.1. The molecule has 4 rings (SSSR count). The Bertz CT molecular complexity index is 771. The molecule has 0 bridgehead atoms. The molecule has 2 aliphatic heterocycles. The van der Waals surface area contributed by atoms with Crippen LogP contribution in [-0.2, 0) is 11.3 Å². The first-order valence-corrected chi connectivity index (χ1v) is 9.66. The smallest absolute Gasteiger partial charge is 0.224 e. The zero-order chi connectivity index (χ0) is 17.3. The summed E-state index contributed by atoms with van der Waals surface area (Å²) in [5.74, 6) is 2.17. The minimum atomic E-state index is -0.00402. The minimum absolute atomic E-state index is 0.00402. The summed E-state index contributed by atoms with van der Waals surface area (Å²) >= 11 is 1.90. The number of para-hydroxylation sites is 1. The molecule has 0 saturated carbocycles. The number of rotatable bonds is 4. The summed E-state index contributed by atoms with van der Waals surface area (Å²) in [6.07, 6.45) is 10.2. The zero-order valence-electron chi connectivity index (χ0n) is 14.3. The molecule has 0 radical (unpaired) electrons. The lowest BCUT2D eigenvalue weighted by Gasteiger charge is -2.39. The summed E-state index contributed by atoms with van der Waals surface area (Å²) in [5.41, 5.74) is 2.14. The van der Waals surface area contributed by atoms with Crippen molar-refractivity contribution < 1.29 is 9.53 Å².